The predicted octanol–water partition coefficient (Wildman–Crippen LogP) is 7.53. The summed E-state index contributed by atoms with van der Waals surface area (Å²) < 4.78 is 10.7. The Morgan fingerprint density at radius 2 is 1.24 bits per heavy atom. The van der Waals surface area contributed by atoms with Gasteiger partial charge in [-0.15, -0.1) is 10.2 Å². The fraction of sp³-hybridized carbons (Fsp3) is 0.125. The van der Waals surface area contributed by atoms with Crippen LogP contribution in [0.15, 0.2) is 112 Å². The lowest BCUT2D eigenvalue weighted by Gasteiger charge is -2.32. The summed E-state index contributed by atoms with van der Waals surface area (Å²) in [7, 11) is 3.27. The lowest BCUT2D eigenvalue weighted by atomic mass is 10.0. The summed E-state index contributed by atoms with van der Waals surface area (Å²) in [4.78, 5) is 22.8. The molecule has 2 heterocycles. The van der Waals surface area contributed by atoms with Crippen LogP contribution >= 0.6 is 23.5 Å². The number of carbonyl (C=O) groups excluding carboxylic acids is 1. The van der Waals surface area contributed by atoms with E-state index in [1.54, 1.807) is 26.0 Å². The van der Waals surface area contributed by atoms with Crippen molar-refractivity contribution in [3.05, 3.63) is 97.1 Å². The van der Waals surface area contributed by atoms with Gasteiger partial charge in [0.1, 0.15) is 22.9 Å². The molecule has 0 spiro atoms. The van der Waals surface area contributed by atoms with E-state index < -0.39 is 5.25 Å². The van der Waals surface area contributed by atoms with E-state index in [2.05, 4.69) is 10.2 Å². The average molecular weight is 579 g/mol. The van der Waals surface area contributed by atoms with Crippen LogP contribution in [0.5, 0.6) is 11.5 Å². The highest BCUT2D eigenvalue weighted by atomic mass is 32.2. The highest BCUT2D eigenvalue weighted by Crippen LogP contribution is 2.48. The van der Waals surface area contributed by atoms with Gasteiger partial charge in [0.05, 0.1) is 30.8 Å². The van der Waals surface area contributed by atoms with Crippen LogP contribution in [0.2, 0.25) is 0 Å². The van der Waals surface area contributed by atoms with Gasteiger partial charge in [-0.3, -0.25) is 9.69 Å². The molecular weight excluding hydrogens is 553 g/mol. The van der Waals surface area contributed by atoms with Gasteiger partial charge >= 0.3 is 0 Å². The zero-order valence-electron chi connectivity index (χ0n) is 22.6. The molecule has 1 atom stereocenters. The van der Waals surface area contributed by atoms with Crippen molar-refractivity contribution in [2.75, 3.05) is 19.1 Å². The molecule has 41 heavy (non-hydrogen) atoms. The molecular formula is C32H26N4O3S2. The molecule has 6 rings (SSSR count). The van der Waals surface area contributed by atoms with Crippen LogP contribution in [0.4, 0.5) is 11.4 Å². The molecule has 0 bridgehead atoms. The van der Waals surface area contributed by atoms with Crippen LogP contribution in [0.3, 0.4) is 0 Å². The fourth-order valence-electron chi connectivity index (χ4n) is 4.59. The number of nitrogens with zero attached hydrogens (tertiary/aromatic N) is 4. The number of ether oxygens (including phenoxy) is 2. The van der Waals surface area contributed by atoms with Crippen LogP contribution in [0, 0.1) is 0 Å². The fourth-order valence-corrected chi connectivity index (χ4v) is 6.40. The SMILES string of the molecule is COc1ccc(-c2nnc(SC(C)C(=O)N3c4ccccc4Sc4ccccc43)nc2-c2ccc(OC)cc2)cc1. The summed E-state index contributed by atoms with van der Waals surface area (Å²) in [5.74, 6) is 1.44. The standard InChI is InChI=1S/C32H26N4O3S2/c1-20(31(37)36-25-8-4-6-10-27(25)41-28-11-7-5-9-26(28)36)40-32-33-29(21-12-16-23(38-2)17-13-21)30(34-35-32)22-14-18-24(39-3)19-15-22/h4-20H,1-3H3. The molecule has 0 N–H and O–H groups in total. The number of hydrogen-bond donors (Lipinski definition) is 0. The third-order valence-corrected chi connectivity index (χ3v) is 8.75. The topological polar surface area (TPSA) is 77.4 Å². The van der Waals surface area contributed by atoms with Crippen LogP contribution in [0.1, 0.15) is 6.92 Å². The first kappa shape index (κ1) is 26.9. The molecule has 0 saturated carbocycles. The number of anilines is 2. The highest BCUT2D eigenvalue weighted by Gasteiger charge is 2.31. The molecule has 9 heteroatoms. The number of hydrogen-bond acceptors (Lipinski definition) is 8. The number of benzene rings is 4. The second kappa shape index (κ2) is 11.6. The highest BCUT2D eigenvalue weighted by molar-refractivity contribution is 8.00. The van der Waals surface area contributed by atoms with Gasteiger partial charge in [0.15, 0.2) is 0 Å². The van der Waals surface area contributed by atoms with Crippen molar-refractivity contribution in [1.29, 1.82) is 0 Å². The van der Waals surface area contributed by atoms with E-state index in [9.17, 15) is 4.79 Å². The van der Waals surface area contributed by atoms with Crippen molar-refractivity contribution in [2.45, 2.75) is 27.1 Å². The molecule has 0 aliphatic carbocycles. The molecule has 1 unspecified atom stereocenters. The Labute approximate surface area is 247 Å². The maximum absolute atomic E-state index is 14.0. The minimum atomic E-state index is -0.475. The van der Waals surface area contributed by atoms with Crippen LogP contribution in [0.25, 0.3) is 22.5 Å². The van der Waals surface area contributed by atoms with E-state index in [0.29, 0.717) is 16.5 Å². The molecule has 0 fully saturated rings. The molecule has 1 aliphatic rings. The number of methoxy groups -OCH3 is 2. The van der Waals surface area contributed by atoms with E-state index in [-0.39, 0.29) is 5.91 Å². The van der Waals surface area contributed by atoms with Gasteiger partial charge in [-0.2, -0.15) is 0 Å². The van der Waals surface area contributed by atoms with Crippen molar-refractivity contribution in [2.24, 2.45) is 0 Å². The van der Waals surface area contributed by atoms with E-state index >= 15 is 0 Å². The molecule has 4 aromatic carbocycles. The Balaban J connectivity index is 1.34. The first-order chi connectivity index (χ1) is 20.1. The average Bonchev–Trinajstić information content (AvgIpc) is 3.03. The van der Waals surface area contributed by atoms with Gasteiger partial charge in [0, 0.05) is 20.9 Å². The largest absolute Gasteiger partial charge is 0.497 e. The van der Waals surface area contributed by atoms with Crippen molar-refractivity contribution in [3.63, 3.8) is 0 Å². The van der Waals surface area contributed by atoms with Crippen LogP contribution in [-0.2, 0) is 4.79 Å². The summed E-state index contributed by atoms with van der Waals surface area (Å²) >= 11 is 2.96. The van der Waals surface area contributed by atoms with Gasteiger partial charge in [-0.05, 0) is 79.7 Å². The number of thioether (sulfide) groups is 1. The normalized spacial score (nSPS) is 12.7. The number of fused-ring (bicyclic) bond motifs is 2. The Morgan fingerprint density at radius 3 is 1.78 bits per heavy atom. The molecule has 1 aromatic heterocycles. The van der Waals surface area contributed by atoms with Gasteiger partial charge in [0.25, 0.3) is 0 Å². The number of aromatic nitrogens is 3. The summed E-state index contributed by atoms with van der Waals surface area (Å²) in [5.41, 5.74) is 4.78. The lowest BCUT2D eigenvalue weighted by molar-refractivity contribution is -0.117. The van der Waals surface area contributed by atoms with Crippen LogP contribution in [-0.4, -0.2) is 40.6 Å². The Hall–Kier alpha value is -4.34. The van der Waals surface area contributed by atoms with Gasteiger partial charge in [0.2, 0.25) is 11.1 Å². The zero-order valence-corrected chi connectivity index (χ0v) is 24.3. The second-order valence-corrected chi connectivity index (χ2v) is 11.6. The number of amides is 1. The Morgan fingerprint density at radius 1 is 0.732 bits per heavy atom. The second-order valence-electron chi connectivity index (χ2n) is 9.22. The molecule has 1 amide bonds. The quantitative estimate of drug-likeness (QED) is 0.183. The minimum absolute atomic E-state index is 0.0518. The van der Waals surface area contributed by atoms with Crippen molar-refractivity contribution in [1.82, 2.24) is 15.2 Å². The van der Waals surface area contributed by atoms with Crippen molar-refractivity contribution in [3.8, 4) is 34.0 Å². The van der Waals surface area contributed by atoms with Crippen molar-refractivity contribution >= 4 is 40.8 Å². The Bertz CT molecular complexity index is 1670. The summed E-state index contributed by atoms with van der Waals surface area (Å²) in [6.45, 7) is 1.88. The number of para-hydroxylation sites is 2. The third kappa shape index (κ3) is 5.38. The molecule has 0 saturated heterocycles. The van der Waals surface area contributed by atoms with Crippen molar-refractivity contribution < 1.29 is 14.3 Å². The van der Waals surface area contributed by atoms with Gasteiger partial charge < -0.3 is 9.47 Å². The maximum Gasteiger partial charge on any atom is 0.244 e. The summed E-state index contributed by atoms with van der Waals surface area (Å²) in [6.07, 6.45) is 0. The molecule has 7 nitrogen and oxygen atoms in total. The first-order valence-electron chi connectivity index (χ1n) is 13.0. The molecule has 0 radical (unpaired) electrons. The van der Waals surface area contributed by atoms with E-state index in [4.69, 9.17) is 14.5 Å². The summed E-state index contributed by atoms with van der Waals surface area (Å²) in [6, 6.07) is 31.2. The van der Waals surface area contributed by atoms with E-state index in [0.717, 1.165) is 43.8 Å². The third-order valence-electron chi connectivity index (χ3n) is 6.68. The molecule has 1 aliphatic heterocycles. The van der Waals surface area contributed by atoms with E-state index in [1.165, 1.54) is 11.8 Å². The van der Waals surface area contributed by atoms with Gasteiger partial charge in [-0.1, -0.05) is 47.8 Å². The Kier molecular flexibility index (Phi) is 7.63. The maximum atomic E-state index is 14.0. The lowest BCUT2D eigenvalue weighted by Crippen LogP contribution is -2.34. The minimum Gasteiger partial charge on any atom is -0.497 e. The molecule has 204 valence electrons. The predicted molar refractivity (Wildman–Crippen MR) is 163 cm³/mol. The number of carbonyl (C=O) groups is 1. The summed E-state index contributed by atoms with van der Waals surface area (Å²) in [5, 5.41) is 8.97. The van der Waals surface area contributed by atoms with E-state index in [1.807, 2.05) is 109 Å². The molecule has 5 aromatic rings. The number of rotatable bonds is 7. The smallest absolute Gasteiger partial charge is 0.244 e. The zero-order chi connectivity index (χ0) is 28.3. The monoisotopic (exact) mass is 578 g/mol. The first-order valence-corrected chi connectivity index (χ1v) is 14.7. The van der Waals surface area contributed by atoms with Gasteiger partial charge in [-0.25, -0.2) is 4.98 Å². The van der Waals surface area contributed by atoms with Crippen LogP contribution < -0.4 is 14.4 Å².